The van der Waals surface area contributed by atoms with Crippen LogP contribution in [0.1, 0.15) is 335 Å². The van der Waals surface area contributed by atoms with E-state index >= 15 is 0 Å². The largest absolute Gasteiger partial charge is 0.466 e. The lowest BCUT2D eigenvalue weighted by Gasteiger charge is -2.22. The first kappa shape index (κ1) is 66.3. The molecule has 2 atom stereocenters. The molecule has 0 aliphatic rings. The predicted molar refractivity (Wildman–Crippen MR) is 296 cm³/mol. The van der Waals surface area contributed by atoms with Gasteiger partial charge in [0.25, 0.3) is 0 Å². The maximum absolute atomic E-state index is 12.5. The maximum atomic E-state index is 12.5. The second-order valence-electron chi connectivity index (χ2n) is 21.0. The van der Waals surface area contributed by atoms with Crippen molar-refractivity contribution < 1.29 is 24.5 Å². The van der Waals surface area contributed by atoms with Crippen molar-refractivity contribution in [1.29, 1.82) is 0 Å². The number of unbranched alkanes of at least 4 members (excludes halogenated alkanes) is 42. The number of aliphatic hydroxyl groups excluding tert-OH is 2. The van der Waals surface area contributed by atoms with Crippen molar-refractivity contribution in [3.05, 3.63) is 24.3 Å². The second-order valence-corrected chi connectivity index (χ2v) is 21.0. The summed E-state index contributed by atoms with van der Waals surface area (Å²) in [5, 5.41) is 23.4. The van der Waals surface area contributed by atoms with Crippen molar-refractivity contribution in [2.45, 2.75) is 347 Å². The molecular weight excluding hydrogens is 839 g/mol. The zero-order valence-electron chi connectivity index (χ0n) is 45.9. The summed E-state index contributed by atoms with van der Waals surface area (Å²) in [6.07, 6.45) is 70.3. The van der Waals surface area contributed by atoms with Gasteiger partial charge >= 0.3 is 5.97 Å². The minimum atomic E-state index is -0.669. The average Bonchev–Trinajstić information content (AvgIpc) is 3.34. The molecule has 3 N–H and O–H groups in total. The topological polar surface area (TPSA) is 95.9 Å². The van der Waals surface area contributed by atoms with E-state index in [4.69, 9.17) is 4.74 Å². The first-order valence-electron chi connectivity index (χ1n) is 30.6. The Hall–Kier alpha value is -1.66. The standard InChI is InChI=1S/C62H119NO5/c1-3-5-7-9-11-13-15-17-18-19-20-21-22-24-27-31-34-38-42-46-50-54-60(65)59(58-64)63-61(66)55-51-47-43-39-35-32-28-25-23-26-29-33-37-41-45-49-53-57-68-62(67)56-52-48-44-40-36-30-16-14-12-10-8-6-4-2/h8,10,14,16,59-60,64-65H,3-7,9,11-13,15,17-58H2,1-2H3,(H,63,66)/b10-8-,16-14-. The molecule has 402 valence electrons. The molecule has 0 aromatic carbocycles. The minimum Gasteiger partial charge on any atom is -0.466 e. The molecule has 0 heterocycles. The van der Waals surface area contributed by atoms with Crippen molar-refractivity contribution in [3.8, 4) is 0 Å². The number of carbonyl (C=O) groups is 2. The van der Waals surface area contributed by atoms with Crippen LogP contribution in [0.3, 0.4) is 0 Å². The molecular formula is C62H119NO5. The summed E-state index contributed by atoms with van der Waals surface area (Å²) in [6, 6.07) is -0.547. The molecule has 0 aromatic rings. The number of amides is 1. The van der Waals surface area contributed by atoms with Gasteiger partial charge in [0.2, 0.25) is 5.91 Å². The van der Waals surface area contributed by atoms with Crippen molar-refractivity contribution in [2.75, 3.05) is 13.2 Å². The Labute approximate surface area is 424 Å². The average molecular weight is 959 g/mol. The summed E-state index contributed by atoms with van der Waals surface area (Å²) in [5.41, 5.74) is 0. The van der Waals surface area contributed by atoms with Crippen LogP contribution < -0.4 is 5.32 Å². The van der Waals surface area contributed by atoms with Gasteiger partial charge in [0.15, 0.2) is 0 Å². The lowest BCUT2D eigenvalue weighted by Crippen LogP contribution is -2.45. The fourth-order valence-corrected chi connectivity index (χ4v) is 9.56. The van der Waals surface area contributed by atoms with Crippen molar-refractivity contribution >= 4 is 11.9 Å². The first-order chi connectivity index (χ1) is 33.5. The van der Waals surface area contributed by atoms with Crippen LogP contribution in [0, 0.1) is 0 Å². The van der Waals surface area contributed by atoms with Crippen molar-refractivity contribution in [2.24, 2.45) is 0 Å². The summed E-state index contributed by atoms with van der Waals surface area (Å²) in [6.45, 7) is 4.90. The highest BCUT2D eigenvalue weighted by molar-refractivity contribution is 5.76. The van der Waals surface area contributed by atoms with E-state index in [1.807, 2.05) is 0 Å². The van der Waals surface area contributed by atoms with Crippen molar-refractivity contribution in [1.82, 2.24) is 5.32 Å². The molecule has 0 spiro atoms. The van der Waals surface area contributed by atoms with E-state index in [1.54, 1.807) is 0 Å². The molecule has 0 rings (SSSR count). The molecule has 6 nitrogen and oxygen atoms in total. The van der Waals surface area contributed by atoms with E-state index < -0.39 is 12.1 Å². The molecule has 0 fully saturated rings. The Morgan fingerprint density at radius 1 is 0.412 bits per heavy atom. The third-order valence-electron chi connectivity index (χ3n) is 14.2. The Bertz CT molecular complexity index is 1060. The van der Waals surface area contributed by atoms with Crippen LogP contribution >= 0.6 is 0 Å². The third kappa shape index (κ3) is 53.7. The zero-order chi connectivity index (χ0) is 49.3. The van der Waals surface area contributed by atoms with Crippen LogP contribution in [0.4, 0.5) is 0 Å². The van der Waals surface area contributed by atoms with Gasteiger partial charge in [-0.25, -0.2) is 0 Å². The van der Waals surface area contributed by atoms with Gasteiger partial charge in [-0.05, 0) is 51.4 Å². The summed E-state index contributed by atoms with van der Waals surface area (Å²) in [5.74, 6) is -0.0468. The summed E-state index contributed by atoms with van der Waals surface area (Å²) >= 11 is 0. The Morgan fingerprint density at radius 2 is 0.765 bits per heavy atom. The number of nitrogens with one attached hydrogen (secondary N) is 1. The van der Waals surface area contributed by atoms with Gasteiger partial charge in [0.1, 0.15) is 0 Å². The van der Waals surface area contributed by atoms with Gasteiger partial charge in [-0.15, -0.1) is 0 Å². The number of hydrogen-bond acceptors (Lipinski definition) is 5. The number of allylic oxidation sites excluding steroid dienone is 4. The molecule has 0 saturated heterocycles. The Kier molecular flexibility index (Phi) is 56.5. The predicted octanol–water partition coefficient (Wildman–Crippen LogP) is 19.0. The SMILES string of the molecule is CCC/C=C\C/C=C\CCCCCCCC(=O)OCCCCCCCCCCCCCCCCCCCC(=O)NC(CO)C(O)CCCCCCCCCCCCCCCCCCCCCCC. The van der Waals surface area contributed by atoms with Crippen LogP contribution in [-0.2, 0) is 14.3 Å². The van der Waals surface area contributed by atoms with Crippen LogP contribution in [0.25, 0.3) is 0 Å². The van der Waals surface area contributed by atoms with E-state index in [-0.39, 0.29) is 18.5 Å². The van der Waals surface area contributed by atoms with Gasteiger partial charge in [-0.3, -0.25) is 9.59 Å². The minimum absolute atomic E-state index is 0.00931. The molecule has 0 radical (unpaired) electrons. The quantitative estimate of drug-likeness (QED) is 0.0321. The van der Waals surface area contributed by atoms with E-state index in [0.29, 0.717) is 25.9 Å². The van der Waals surface area contributed by atoms with Gasteiger partial charge < -0.3 is 20.3 Å². The summed E-state index contributed by atoms with van der Waals surface area (Å²) < 4.78 is 5.46. The molecule has 0 aliphatic carbocycles. The lowest BCUT2D eigenvalue weighted by atomic mass is 10.0. The van der Waals surface area contributed by atoms with Gasteiger partial charge in [-0.2, -0.15) is 0 Å². The summed E-state index contributed by atoms with van der Waals surface area (Å²) in [4.78, 5) is 24.5. The number of esters is 1. The number of ether oxygens (including phenoxy) is 1. The highest BCUT2D eigenvalue weighted by Gasteiger charge is 2.20. The molecule has 68 heavy (non-hydrogen) atoms. The highest BCUT2D eigenvalue weighted by Crippen LogP contribution is 2.18. The van der Waals surface area contributed by atoms with Gasteiger partial charge in [0, 0.05) is 12.8 Å². The fourth-order valence-electron chi connectivity index (χ4n) is 9.56. The molecule has 2 unspecified atom stereocenters. The number of aliphatic hydroxyl groups is 2. The van der Waals surface area contributed by atoms with Crippen molar-refractivity contribution in [3.63, 3.8) is 0 Å². The number of carbonyl (C=O) groups excluding carboxylic acids is 2. The number of rotatable bonds is 57. The van der Waals surface area contributed by atoms with E-state index in [2.05, 4.69) is 43.5 Å². The first-order valence-corrected chi connectivity index (χ1v) is 30.6. The smallest absolute Gasteiger partial charge is 0.305 e. The van der Waals surface area contributed by atoms with E-state index in [0.717, 1.165) is 51.4 Å². The third-order valence-corrected chi connectivity index (χ3v) is 14.2. The molecule has 6 heteroatoms. The van der Waals surface area contributed by atoms with Gasteiger partial charge in [0.05, 0.1) is 25.4 Å². The summed E-state index contributed by atoms with van der Waals surface area (Å²) in [7, 11) is 0. The fraction of sp³-hybridized carbons (Fsp3) is 0.903. The maximum Gasteiger partial charge on any atom is 0.305 e. The highest BCUT2D eigenvalue weighted by atomic mass is 16.5. The molecule has 1 amide bonds. The lowest BCUT2D eigenvalue weighted by molar-refractivity contribution is -0.143. The normalized spacial score (nSPS) is 12.7. The van der Waals surface area contributed by atoms with Gasteiger partial charge in [-0.1, -0.05) is 295 Å². The Balaban J connectivity index is 3.42. The van der Waals surface area contributed by atoms with E-state index in [1.165, 1.54) is 250 Å². The Morgan fingerprint density at radius 3 is 1.18 bits per heavy atom. The zero-order valence-corrected chi connectivity index (χ0v) is 45.9. The van der Waals surface area contributed by atoms with E-state index in [9.17, 15) is 19.8 Å². The second kappa shape index (κ2) is 57.9. The molecule has 0 saturated carbocycles. The molecule has 0 bridgehead atoms. The van der Waals surface area contributed by atoms with Crippen LogP contribution in [-0.4, -0.2) is 47.4 Å². The number of hydrogen-bond donors (Lipinski definition) is 3. The van der Waals surface area contributed by atoms with Crippen LogP contribution in [0.2, 0.25) is 0 Å². The monoisotopic (exact) mass is 958 g/mol. The molecule has 0 aromatic heterocycles. The molecule has 0 aliphatic heterocycles. The van der Waals surface area contributed by atoms with Crippen LogP contribution in [0.5, 0.6) is 0 Å². The van der Waals surface area contributed by atoms with Crippen LogP contribution in [0.15, 0.2) is 24.3 Å².